The Morgan fingerprint density at radius 2 is 0.854 bits per heavy atom. The summed E-state index contributed by atoms with van der Waals surface area (Å²) in [4.78, 5) is 0. The Bertz CT molecular complexity index is 1350. The second kappa shape index (κ2) is 21.6. The molecule has 0 heterocycles. The molecule has 252 valence electrons. The lowest BCUT2D eigenvalue weighted by Crippen LogP contribution is -3.34. The van der Waals surface area contributed by atoms with Crippen molar-refractivity contribution >= 4 is 28.0 Å². The lowest BCUT2D eigenvalue weighted by molar-refractivity contribution is -0.328. The van der Waals surface area contributed by atoms with Gasteiger partial charge in [-0.3, -0.25) is 0 Å². The Morgan fingerprint density at radius 1 is 0.500 bits per heavy atom. The van der Waals surface area contributed by atoms with Gasteiger partial charge in [0.25, 0.3) is 22.6 Å². The summed E-state index contributed by atoms with van der Waals surface area (Å²) in [6, 6.07) is 51.5. The third-order valence-corrected chi connectivity index (χ3v) is 10.1. The largest absolute Gasteiger partial charge is 0.491 e. The molecule has 0 spiro atoms. The van der Waals surface area contributed by atoms with Crippen molar-refractivity contribution in [2.75, 3.05) is 6.61 Å². The molecular weight excluding hydrogens is 698 g/mol. The average Bonchev–Trinajstić information content (AvgIpc) is 3.15. The van der Waals surface area contributed by atoms with E-state index in [1.165, 1.54) is 83.2 Å². The fraction of sp³-hybridized carbons (Fsp3) is 0.318. The van der Waals surface area contributed by atoms with Crippen LogP contribution in [-0.2, 0) is 0 Å². The van der Waals surface area contributed by atoms with E-state index in [0.29, 0.717) is 6.61 Å². The number of hydrogen-bond donors (Lipinski definition) is 1. The van der Waals surface area contributed by atoms with Crippen LogP contribution in [0.2, 0.25) is 0 Å². The van der Waals surface area contributed by atoms with Crippen LogP contribution in [-0.4, -0.2) is 24.0 Å². The van der Waals surface area contributed by atoms with Crippen molar-refractivity contribution in [1.82, 2.24) is 0 Å². The number of ether oxygens (including phenoxy) is 1. The summed E-state index contributed by atoms with van der Waals surface area (Å²) in [5.74, 6) is 0.847. The summed E-state index contributed by atoms with van der Waals surface area (Å²) < 4.78 is 6.85. The molecule has 0 radical (unpaired) electrons. The zero-order valence-corrected chi connectivity index (χ0v) is 31.1. The van der Waals surface area contributed by atoms with Crippen molar-refractivity contribution in [3.63, 3.8) is 0 Å². The Balaban J connectivity index is 0.000000218. The van der Waals surface area contributed by atoms with Gasteiger partial charge in [0.05, 0.1) is 6.10 Å². The van der Waals surface area contributed by atoms with E-state index in [-0.39, 0.29) is 6.10 Å². The summed E-state index contributed by atoms with van der Waals surface area (Å²) in [6.07, 6.45) is 12.6. The zero-order valence-electron chi connectivity index (χ0n) is 28.8. The minimum absolute atomic E-state index is 0.342. The van der Waals surface area contributed by atoms with Gasteiger partial charge in [-0.2, -0.15) is 21.9 Å². The highest BCUT2D eigenvalue weighted by Gasteiger charge is 2.31. The fourth-order valence-corrected chi connectivity index (χ4v) is 7.19. The smallest absolute Gasteiger partial charge is 0.296 e. The Kier molecular flexibility index (Phi) is 16.9. The third-order valence-electron chi connectivity index (χ3n) is 9.36. The number of benzene rings is 5. The van der Waals surface area contributed by atoms with Crippen molar-refractivity contribution in [1.29, 1.82) is 0 Å². The molecular formula is C44H54BIO2. The molecule has 2 nitrogen and oxygen atoms in total. The van der Waals surface area contributed by atoms with Gasteiger partial charge in [0.2, 0.25) is 0 Å². The highest BCUT2D eigenvalue weighted by atomic mass is 127. The van der Waals surface area contributed by atoms with Crippen LogP contribution in [0.15, 0.2) is 146 Å². The molecule has 0 aliphatic rings. The molecule has 0 aliphatic carbocycles. The van der Waals surface area contributed by atoms with Crippen molar-refractivity contribution in [2.45, 2.75) is 83.7 Å². The summed E-state index contributed by atoms with van der Waals surface area (Å²) in [7, 11) is 0. The van der Waals surface area contributed by atoms with E-state index in [0.717, 1.165) is 18.6 Å². The van der Waals surface area contributed by atoms with E-state index in [1.54, 1.807) is 0 Å². The molecule has 1 N–H and O–H groups in total. The summed E-state index contributed by atoms with van der Waals surface area (Å²) >= 11 is 1.99. The fourth-order valence-electron chi connectivity index (χ4n) is 6.80. The van der Waals surface area contributed by atoms with E-state index in [1.807, 2.05) is 46.9 Å². The van der Waals surface area contributed by atoms with Gasteiger partial charge in [0, 0.05) is 0 Å². The molecule has 0 saturated heterocycles. The molecule has 5 aromatic carbocycles. The van der Waals surface area contributed by atoms with Crippen LogP contribution in [0.25, 0.3) is 0 Å². The van der Waals surface area contributed by atoms with Crippen molar-refractivity contribution in [3.8, 4) is 5.75 Å². The van der Waals surface area contributed by atoms with E-state index >= 15 is 0 Å². The Hall–Kier alpha value is -3.35. The number of halogens is 1. The molecule has 0 amide bonds. The average molecular weight is 753 g/mol. The van der Waals surface area contributed by atoms with Gasteiger partial charge in [-0.15, -0.1) is 0 Å². The second-order valence-electron chi connectivity index (χ2n) is 12.9. The second-order valence-corrected chi connectivity index (χ2v) is 14.3. The third kappa shape index (κ3) is 11.7. The van der Waals surface area contributed by atoms with Gasteiger partial charge < -0.3 is 9.84 Å². The maximum Gasteiger partial charge on any atom is 0.296 e. The van der Waals surface area contributed by atoms with Crippen LogP contribution < -0.4 is 49.2 Å². The van der Waals surface area contributed by atoms with Gasteiger partial charge in [0.1, 0.15) is 18.5 Å². The van der Waals surface area contributed by atoms with Gasteiger partial charge in [-0.25, -0.2) is 0 Å². The summed E-state index contributed by atoms with van der Waals surface area (Å²) in [5, 5.41) is 9.96. The predicted octanol–water partition coefficient (Wildman–Crippen LogP) is 5.26. The lowest BCUT2D eigenvalue weighted by atomic mass is 9.13. The molecule has 5 aromatic rings. The predicted molar refractivity (Wildman–Crippen MR) is 205 cm³/mol. The first-order chi connectivity index (χ1) is 23.6. The number of aliphatic hydroxyl groups excluding tert-OH is 1. The first-order valence-corrected chi connectivity index (χ1v) is 19.3. The van der Waals surface area contributed by atoms with E-state index in [2.05, 4.69) is 128 Å². The van der Waals surface area contributed by atoms with Crippen molar-refractivity contribution < 1.29 is 32.4 Å². The monoisotopic (exact) mass is 752 g/mol. The molecule has 1 atom stereocenters. The van der Waals surface area contributed by atoms with Crippen LogP contribution in [0, 0.1) is 3.57 Å². The molecule has 0 saturated carbocycles. The molecule has 1 unspecified atom stereocenters. The van der Waals surface area contributed by atoms with Gasteiger partial charge in [0.15, 0.2) is 3.57 Å². The first kappa shape index (κ1) is 37.5. The summed E-state index contributed by atoms with van der Waals surface area (Å²) in [5.41, 5.74) is 5.36. The maximum absolute atomic E-state index is 9.96. The highest BCUT2D eigenvalue weighted by molar-refractivity contribution is 7.19. The first-order valence-electron chi connectivity index (χ1n) is 18.1. The number of hydrogen-bond acceptors (Lipinski definition) is 2. The highest BCUT2D eigenvalue weighted by Crippen LogP contribution is 2.14. The normalized spacial score (nSPS) is 11.7. The van der Waals surface area contributed by atoms with E-state index in [4.69, 9.17) is 4.74 Å². The molecule has 0 fully saturated rings. The Labute approximate surface area is 304 Å². The van der Waals surface area contributed by atoms with E-state index < -0.39 is 6.15 Å². The van der Waals surface area contributed by atoms with Crippen molar-refractivity contribution in [2.24, 2.45) is 0 Å². The molecule has 0 aliphatic heterocycles. The van der Waals surface area contributed by atoms with Crippen LogP contribution in [0.1, 0.15) is 77.6 Å². The van der Waals surface area contributed by atoms with Crippen LogP contribution in [0.3, 0.4) is 0 Å². The van der Waals surface area contributed by atoms with Crippen LogP contribution in [0.5, 0.6) is 5.75 Å². The van der Waals surface area contributed by atoms with E-state index in [9.17, 15) is 5.11 Å². The van der Waals surface area contributed by atoms with Gasteiger partial charge in [-0.05, 0) is 30.7 Å². The standard InChI is InChI=1S/C24H20B.C20H34IO2/c1-5-13-21(14-6-1)25(22-15-7-2-8-16-22,23-17-9-3-10-18-23)24-19-11-4-12-20-24;1-2-3-4-5-6-7-8-9-10-11-12-19(22)17-23-20-15-13-18(21)14-16-20/h1-20H;13-16,19,21-22H,2-12,17H2,1H3/q-1;+1. The number of unbranched alkanes of at least 4 members (excludes halogenated alkanes) is 9. The SMILES string of the molecule is CCCCCCCCCCCCC(O)COc1ccc([IH+])cc1.c1ccc([B-](c2ccccc2)(c2ccccc2)c2ccccc2)cc1. The molecule has 0 bridgehead atoms. The minimum atomic E-state index is -1.22. The topological polar surface area (TPSA) is 29.5 Å². The van der Waals surface area contributed by atoms with Crippen LogP contribution >= 0.6 is 0 Å². The number of rotatable bonds is 18. The van der Waals surface area contributed by atoms with Crippen LogP contribution in [0.4, 0.5) is 0 Å². The molecule has 48 heavy (non-hydrogen) atoms. The van der Waals surface area contributed by atoms with Gasteiger partial charge >= 0.3 is 0 Å². The van der Waals surface area contributed by atoms with Gasteiger partial charge in [-0.1, -0.05) is 192 Å². The molecule has 5 rings (SSSR count). The maximum atomic E-state index is 9.96. The number of aliphatic hydroxyl groups is 1. The van der Waals surface area contributed by atoms with Crippen molar-refractivity contribution in [3.05, 3.63) is 149 Å². The minimum Gasteiger partial charge on any atom is -0.491 e. The quantitative estimate of drug-likeness (QED) is 0.0754. The molecule has 0 aromatic heterocycles. The zero-order chi connectivity index (χ0) is 33.7. The lowest BCUT2D eigenvalue weighted by Gasteiger charge is -2.44. The Morgan fingerprint density at radius 3 is 1.23 bits per heavy atom. The molecule has 4 heteroatoms. The summed E-state index contributed by atoms with van der Waals surface area (Å²) in [6.45, 7) is 2.67.